The molecule has 4 rings (SSSR count). The molecule has 0 atom stereocenters. The largest absolute Gasteiger partial charge is 0.416 e. The summed E-state index contributed by atoms with van der Waals surface area (Å²) in [5.41, 5.74) is 0.915. The summed E-state index contributed by atoms with van der Waals surface area (Å²) in [4.78, 5) is 12.8. The van der Waals surface area contributed by atoms with Crippen molar-refractivity contribution < 1.29 is 13.2 Å². The molecular formula is C18H19F3N6. The summed E-state index contributed by atoms with van der Waals surface area (Å²) in [6.07, 6.45) is -2.06. The van der Waals surface area contributed by atoms with E-state index >= 15 is 0 Å². The second kappa shape index (κ2) is 6.71. The first kappa shape index (κ1) is 17.6. The minimum absolute atomic E-state index is 0.560. The monoisotopic (exact) mass is 376 g/mol. The van der Waals surface area contributed by atoms with Crippen LogP contribution in [0.2, 0.25) is 0 Å². The molecule has 0 unspecified atom stereocenters. The molecule has 0 saturated carbocycles. The van der Waals surface area contributed by atoms with E-state index in [4.69, 9.17) is 0 Å². The zero-order chi connectivity index (χ0) is 19.0. The SMILES string of the molecule is CCc1cc(N2CCN(c3cccc(C(F)(F)F)c3)CC2)n2ncnc2n1. The number of fused-ring (bicyclic) bond motifs is 1. The summed E-state index contributed by atoms with van der Waals surface area (Å²) >= 11 is 0. The van der Waals surface area contributed by atoms with Crippen LogP contribution < -0.4 is 9.80 Å². The van der Waals surface area contributed by atoms with Gasteiger partial charge in [-0.3, -0.25) is 0 Å². The summed E-state index contributed by atoms with van der Waals surface area (Å²) in [7, 11) is 0. The van der Waals surface area contributed by atoms with Gasteiger partial charge in [-0.05, 0) is 24.6 Å². The number of halogens is 3. The van der Waals surface area contributed by atoms with E-state index in [1.54, 1.807) is 10.6 Å². The second-order valence-electron chi connectivity index (χ2n) is 6.45. The van der Waals surface area contributed by atoms with E-state index in [1.165, 1.54) is 18.5 Å². The Kier molecular flexibility index (Phi) is 4.37. The van der Waals surface area contributed by atoms with Gasteiger partial charge in [0.05, 0.1) is 5.56 Å². The van der Waals surface area contributed by atoms with Gasteiger partial charge in [0.25, 0.3) is 5.78 Å². The highest BCUT2D eigenvalue weighted by atomic mass is 19.4. The average molecular weight is 376 g/mol. The van der Waals surface area contributed by atoms with Crippen LogP contribution in [-0.4, -0.2) is 45.8 Å². The highest BCUT2D eigenvalue weighted by Crippen LogP contribution is 2.32. The number of rotatable bonds is 3. The van der Waals surface area contributed by atoms with Gasteiger partial charge < -0.3 is 9.80 Å². The molecule has 3 aromatic rings. The molecule has 1 fully saturated rings. The lowest BCUT2D eigenvalue weighted by molar-refractivity contribution is -0.137. The maximum atomic E-state index is 13.0. The standard InChI is InChI=1S/C18H19F3N6/c1-2-14-11-16(27-17(24-14)22-12-23-27)26-8-6-25(7-9-26)15-5-3-4-13(10-15)18(19,20)21/h3-5,10-12H,2,6-9H2,1H3. The summed E-state index contributed by atoms with van der Waals surface area (Å²) in [5, 5.41) is 4.25. The fourth-order valence-corrected chi connectivity index (χ4v) is 3.32. The third-order valence-electron chi connectivity index (χ3n) is 4.79. The van der Waals surface area contributed by atoms with Gasteiger partial charge >= 0.3 is 6.18 Å². The molecule has 0 N–H and O–H groups in total. The molecule has 0 bridgehead atoms. The van der Waals surface area contributed by atoms with Crippen molar-refractivity contribution in [3.05, 3.63) is 47.9 Å². The Bertz CT molecular complexity index is 944. The zero-order valence-corrected chi connectivity index (χ0v) is 14.8. The van der Waals surface area contributed by atoms with Crippen LogP contribution in [0.15, 0.2) is 36.7 Å². The smallest absolute Gasteiger partial charge is 0.368 e. The number of aryl methyl sites for hydroxylation is 1. The van der Waals surface area contributed by atoms with Gasteiger partial charge in [0, 0.05) is 43.6 Å². The lowest BCUT2D eigenvalue weighted by atomic mass is 10.1. The van der Waals surface area contributed by atoms with Crippen molar-refractivity contribution in [2.75, 3.05) is 36.0 Å². The number of hydrogen-bond acceptors (Lipinski definition) is 5. The quantitative estimate of drug-likeness (QED) is 0.703. The molecule has 1 aliphatic heterocycles. The van der Waals surface area contributed by atoms with Gasteiger partial charge in [0.1, 0.15) is 12.1 Å². The van der Waals surface area contributed by atoms with Crippen molar-refractivity contribution in [1.29, 1.82) is 0 Å². The molecule has 0 radical (unpaired) electrons. The van der Waals surface area contributed by atoms with Crippen molar-refractivity contribution in [2.45, 2.75) is 19.5 Å². The van der Waals surface area contributed by atoms with Crippen molar-refractivity contribution in [3.8, 4) is 0 Å². The summed E-state index contributed by atoms with van der Waals surface area (Å²) in [6, 6.07) is 7.50. The maximum Gasteiger partial charge on any atom is 0.416 e. The third kappa shape index (κ3) is 3.41. The Hall–Kier alpha value is -2.84. The van der Waals surface area contributed by atoms with Crippen LogP contribution >= 0.6 is 0 Å². The number of aromatic nitrogens is 4. The number of piperazine rings is 1. The predicted octanol–water partition coefficient (Wildman–Crippen LogP) is 3.03. The summed E-state index contributed by atoms with van der Waals surface area (Å²) < 4.78 is 40.6. The number of hydrogen-bond donors (Lipinski definition) is 0. The normalized spacial score (nSPS) is 15.6. The van der Waals surface area contributed by atoms with E-state index in [0.717, 1.165) is 24.0 Å². The lowest BCUT2D eigenvalue weighted by Crippen LogP contribution is -2.47. The first-order valence-electron chi connectivity index (χ1n) is 8.82. The molecule has 6 nitrogen and oxygen atoms in total. The van der Waals surface area contributed by atoms with Gasteiger partial charge in [0.15, 0.2) is 0 Å². The van der Waals surface area contributed by atoms with Crippen LogP contribution in [-0.2, 0) is 12.6 Å². The Morgan fingerprint density at radius 3 is 2.48 bits per heavy atom. The summed E-state index contributed by atoms with van der Waals surface area (Å²) in [5.74, 6) is 1.47. The van der Waals surface area contributed by atoms with E-state index in [1.807, 2.05) is 17.9 Å². The molecule has 1 saturated heterocycles. The number of anilines is 2. The van der Waals surface area contributed by atoms with E-state index < -0.39 is 11.7 Å². The Morgan fingerprint density at radius 2 is 1.78 bits per heavy atom. The fourth-order valence-electron chi connectivity index (χ4n) is 3.32. The fraction of sp³-hybridized carbons (Fsp3) is 0.389. The molecule has 142 valence electrons. The second-order valence-corrected chi connectivity index (χ2v) is 6.45. The zero-order valence-electron chi connectivity index (χ0n) is 14.8. The van der Waals surface area contributed by atoms with E-state index in [-0.39, 0.29) is 0 Å². The first-order chi connectivity index (χ1) is 13.0. The van der Waals surface area contributed by atoms with Crippen LogP contribution in [0.25, 0.3) is 5.78 Å². The minimum atomic E-state index is -4.33. The van der Waals surface area contributed by atoms with Crippen molar-refractivity contribution in [3.63, 3.8) is 0 Å². The van der Waals surface area contributed by atoms with E-state index in [0.29, 0.717) is 37.6 Å². The Balaban J connectivity index is 1.54. The molecule has 0 amide bonds. The predicted molar refractivity (Wildman–Crippen MR) is 96.0 cm³/mol. The molecule has 27 heavy (non-hydrogen) atoms. The van der Waals surface area contributed by atoms with Crippen molar-refractivity contribution >= 4 is 17.3 Å². The molecule has 3 heterocycles. The highest BCUT2D eigenvalue weighted by molar-refractivity contribution is 5.53. The summed E-state index contributed by atoms with van der Waals surface area (Å²) in [6.45, 7) is 4.64. The number of alkyl halides is 3. The van der Waals surface area contributed by atoms with Crippen molar-refractivity contribution in [1.82, 2.24) is 19.6 Å². The van der Waals surface area contributed by atoms with Gasteiger partial charge in [-0.1, -0.05) is 13.0 Å². The van der Waals surface area contributed by atoms with Crippen LogP contribution in [0.4, 0.5) is 24.7 Å². The van der Waals surface area contributed by atoms with Gasteiger partial charge in [-0.25, -0.2) is 4.98 Å². The first-order valence-corrected chi connectivity index (χ1v) is 8.82. The third-order valence-corrected chi connectivity index (χ3v) is 4.79. The van der Waals surface area contributed by atoms with Crippen LogP contribution in [0, 0.1) is 0 Å². The van der Waals surface area contributed by atoms with E-state index in [9.17, 15) is 13.2 Å². The molecule has 9 heteroatoms. The average Bonchev–Trinajstić information content (AvgIpc) is 3.15. The van der Waals surface area contributed by atoms with Crippen LogP contribution in [0.3, 0.4) is 0 Å². The molecule has 1 aromatic carbocycles. The number of nitrogens with zero attached hydrogens (tertiary/aromatic N) is 6. The van der Waals surface area contributed by atoms with Crippen LogP contribution in [0.1, 0.15) is 18.2 Å². The molecule has 0 spiro atoms. The molecule has 1 aliphatic rings. The molecule has 2 aromatic heterocycles. The number of benzene rings is 1. The van der Waals surface area contributed by atoms with Gasteiger partial charge in [-0.15, -0.1) is 0 Å². The Morgan fingerprint density at radius 1 is 1.04 bits per heavy atom. The van der Waals surface area contributed by atoms with Crippen LogP contribution in [0.5, 0.6) is 0 Å². The van der Waals surface area contributed by atoms with E-state index in [2.05, 4.69) is 20.0 Å². The van der Waals surface area contributed by atoms with Gasteiger partial charge in [0.2, 0.25) is 0 Å². The topological polar surface area (TPSA) is 49.6 Å². The van der Waals surface area contributed by atoms with Crippen molar-refractivity contribution in [2.24, 2.45) is 0 Å². The maximum absolute atomic E-state index is 13.0. The Labute approximate surface area is 154 Å². The minimum Gasteiger partial charge on any atom is -0.368 e. The van der Waals surface area contributed by atoms with Gasteiger partial charge in [-0.2, -0.15) is 27.8 Å². The lowest BCUT2D eigenvalue weighted by Gasteiger charge is -2.37. The molecule has 0 aliphatic carbocycles. The highest BCUT2D eigenvalue weighted by Gasteiger charge is 2.31. The molecular weight excluding hydrogens is 357 g/mol.